The number of alkyl halides is 3. The second kappa shape index (κ2) is 9.24. The average Bonchev–Trinajstić information content (AvgIpc) is 3.67. The average molecular weight is 556 g/mol. The molecule has 1 saturated heterocycles. The summed E-state index contributed by atoms with van der Waals surface area (Å²) >= 11 is 0. The number of hydrogen-bond acceptors (Lipinski definition) is 7. The minimum atomic E-state index is -4.48. The highest BCUT2D eigenvalue weighted by Crippen LogP contribution is 2.60. The molecule has 1 saturated carbocycles. The van der Waals surface area contributed by atoms with Crippen LogP contribution in [0.3, 0.4) is 0 Å². The van der Waals surface area contributed by atoms with Gasteiger partial charge < -0.3 is 25.4 Å². The molecule has 1 aliphatic carbocycles. The van der Waals surface area contributed by atoms with E-state index in [0.717, 1.165) is 4.90 Å². The first kappa shape index (κ1) is 25.6. The van der Waals surface area contributed by atoms with Gasteiger partial charge in [0.25, 0.3) is 0 Å². The number of hydrogen-bond donors (Lipinski definition) is 3. The number of aromatic nitrogens is 4. The van der Waals surface area contributed by atoms with Crippen molar-refractivity contribution < 1.29 is 32.6 Å². The van der Waals surface area contributed by atoms with Crippen molar-refractivity contribution in [2.24, 2.45) is 0 Å². The Bertz CT molecular complexity index is 1630. The van der Waals surface area contributed by atoms with E-state index in [-0.39, 0.29) is 61.0 Å². The van der Waals surface area contributed by atoms with Crippen LogP contribution in [0.4, 0.5) is 23.9 Å². The van der Waals surface area contributed by atoms with Crippen LogP contribution in [0, 0.1) is 0 Å². The number of anilines is 1. The lowest BCUT2D eigenvalue weighted by atomic mass is 9.93. The third-order valence-corrected chi connectivity index (χ3v) is 7.43. The van der Waals surface area contributed by atoms with E-state index in [2.05, 4.69) is 25.7 Å². The van der Waals surface area contributed by atoms with Gasteiger partial charge in [0.15, 0.2) is 11.5 Å². The number of carbonyl (C=O) groups excluding carboxylic acids is 1. The van der Waals surface area contributed by atoms with Gasteiger partial charge in [-0.2, -0.15) is 17.7 Å². The zero-order valence-electron chi connectivity index (χ0n) is 21.2. The van der Waals surface area contributed by atoms with Crippen molar-refractivity contribution in [1.29, 1.82) is 0 Å². The van der Waals surface area contributed by atoms with Crippen LogP contribution in [0.5, 0.6) is 5.75 Å². The fourth-order valence-electron chi connectivity index (χ4n) is 5.08. The second-order valence-corrected chi connectivity index (χ2v) is 9.83. The van der Waals surface area contributed by atoms with Crippen LogP contribution in [-0.2, 0) is 10.2 Å². The normalized spacial score (nSPS) is 18.9. The van der Waals surface area contributed by atoms with Gasteiger partial charge in [-0.1, -0.05) is 12.1 Å². The fraction of sp³-hybridized carbons (Fsp3) is 0.346. The van der Waals surface area contributed by atoms with Crippen molar-refractivity contribution in [2.75, 3.05) is 32.1 Å². The van der Waals surface area contributed by atoms with E-state index in [1.165, 1.54) is 17.7 Å². The molecular formula is C26H24F3N7O4. The zero-order valence-corrected chi connectivity index (χ0v) is 21.2. The Kier molecular flexibility index (Phi) is 5.93. The zero-order chi connectivity index (χ0) is 28.2. The number of nitrogens with zero attached hydrogens (tertiary/aromatic N) is 5. The summed E-state index contributed by atoms with van der Waals surface area (Å²) in [5, 5.41) is 20.1. The number of amides is 2. The molecule has 40 heavy (non-hydrogen) atoms. The summed E-state index contributed by atoms with van der Waals surface area (Å²) in [7, 11) is 1.54. The first-order chi connectivity index (χ1) is 19.1. The lowest BCUT2D eigenvalue weighted by molar-refractivity contribution is -0.160. The summed E-state index contributed by atoms with van der Waals surface area (Å²) in [5.41, 5.74) is -1.05. The molecule has 6 rings (SSSR count). The van der Waals surface area contributed by atoms with E-state index >= 15 is 0 Å². The summed E-state index contributed by atoms with van der Waals surface area (Å²) in [5.74, 6) is 0.389. The third-order valence-electron chi connectivity index (χ3n) is 7.43. The van der Waals surface area contributed by atoms with Gasteiger partial charge >= 0.3 is 12.3 Å². The molecular weight excluding hydrogens is 531 g/mol. The predicted molar refractivity (Wildman–Crippen MR) is 137 cm³/mol. The molecule has 1 atom stereocenters. The number of carboxylic acid groups (broad SMARTS) is 1. The van der Waals surface area contributed by atoms with Gasteiger partial charge in [0.2, 0.25) is 11.9 Å². The highest BCUT2D eigenvalue weighted by atomic mass is 19.4. The number of nitrogens with one attached hydrogen (secondary N) is 2. The Hall–Kier alpha value is -4.62. The summed E-state index contributed by atoms with van der Waals surface area (Å²) in [6.45, 7) is 0.00657. The van der Waals surface area contributed by atoms with E-state index in [9.17, 15) is 27.9 Å². The largest absolute Gasteiger partial charge is 0.497 e. The van der Waals surface area contributed by atoms with E-state index in [1.54, 1.807) is 36.4 Å². The minimum absolute atomic E-state index is 0.0227. The minimum Gasteiger partial charge on any atom is -0.497 e. The molecule has 0 spiro atoms. The van der Waals surface area contributed by atoms with Gasteiger partial charge in [-0.25, -0.2) is 14.8 Å². The van der Waals surface area contributed by atoms with Crippen LogP contribution in [0.15, 0.2) is 42.5 Å². The molecule has 3 heterocycles. The molecule has 4 aromatic rings. The van der Waals surface area contributed by atoms with Crippen molar-refractivity contribution in [3.8, 4) is 17.1 Å². The van der Waals surface area contributed by atoms with Crippen LogP contribution < -0.4 is 15.4 Å². The molecule has 3 N–H and O–H groups in total. The molecule has 14 heteroatoms. The Morgan fingerprint density at radius 1 is 1.18 bits per heavy atom. The number of benzene rings is 2. The Labute approximate surface area is 225 Å². The van der Waals surface area contributed by atoms with Gasteiger partial charge in [0.05, 0.1) is 24.6 Å². The quantitative estimate of drug-likeness (QED) is 0.341. The van der Waals surface area contributed by atoms with Gasteiger partial charge in [-0.05, 0) is 48.7 Å². The van der Waals surface area contributed by atoms with Crippen molar-refractivity contribution in [1.82, 2.24) is 29.8 Å². The van der Waals surface area contributed by atoms with Crippen LogP contribution in [0.1, 0.15) is 18.4 Å². The summed E-state index contributed by atoms with van der Waals surface area (Å²) in [4.78, 5) is 34.8. The van der Waals surface area contributed by atoms with Crippen LogP contribution in [-0.4, -0.2) is 80.6 Å². The molecule has 2 amide bonds. The Balaban J connectivity index is 1.54. The molecule has 2 aromatic heterocycles. The smallest absolute Gasteiger partial charge is 0.407 e. The SMILES string of the molecule is COc1ccc(-c2nc3c4cccc(C5(C(F)(F)F)CC5)c4nc(N[C@@H]4CN(C(=O)O)CCNC4=O)n3n2)cc1. The maximum atomic E-state index is 14.2. The van der Waals surface area contributed by atoms with E-state index in [4.69, 9.17) is 4.74 Å². The van der Waals surface area contributed by atoms with Gasteiger partial charge in [-0.15, -0.1) is 5.10 Å². The highest BCUT2D eigenvalue weighted by molar-refractivity contribution is 5.96. The number of ether oxygens (including phenoxy) is 1. The molecule has 0 radical (unpaired) electrons. The maximum Gasteiger partial charge on any atom is 0.407 e. The number of carbonyl (C=O) groups is 2. The van der Waals surface area contributed by atoms with Crippen molar-refractivity contribution in [3.05, 3.63) is 48.0 Å². The standard InChI is InChI=1S/C26H24F3N7O4/c1-40-15-7-5-14(6-8-15)20-33-21-16-3-2-4-17(25(9-10-25)26(27,28)29)19(16)32-23(36(21)34-20)31-18-13-35(24(38)39)12-11-30-22(18)37/h2-8,18H,9-13H2,1H3,(H,30,37)(H,31,32)(H,38,39)/t18-/m1/s1. The summed E-state index contributed by atoms with van der Waals surface area (Å²) < 4.78 is 49.1. The number of rotatable bonds is 5. The summed E-state index contributed by atoms with van der Waals surface area (Å²) in [6, 6.07) is 10.5. The van der Waals surface area contributed by atoms with Crippen molar-refractivity contribution in [2.45, 2.75) is 30.5 Å². The maximum absolute atomic E-state index is 14.2. The predicted octanol–water partition coefficient (Wildman–Crippen LogP) is 3.44. The van der Waals surface area contributed by atoms with E-state index < -0.39 is 29.6 Å². The lowest BCUT2D eigenvalue weighted by Crippen LogP contribution is -2.44. The number of methoxy groups -OCH3 is 1. The highest BCUT2D eigenvalue weighted by Gasteiger charge is 2.65. The number of para-hydroxylation sites is 1. The van der Waals surface area contributed by atoms with E-state index in [0.29, 0.717) is 16.7 Å². The molecule has 1 aliphatic heterocycles. The summed E-state index contributed by atoms with van der Waals surface area (Å²) in [6.07, 6.45) is -5.81. The van der Waals surface area contributed by atoms with E-state index in [1.807, 2.05) is 0 Å². The molecule has 2 aliphatic rings. The van der Waals surface area contributed by atoms with Gasteiger partial charge in [0, 0.05) is 24.0 Å². The lowest BCUT2D eigenvalue weighted by Gasteiger charge is -2.23. The number of fused-ring (bicyclic) bond motifs is 3. The van der Waals surface area contributed by atoms with Crippen LogP contribution >= 0.6 is 0 Å². The van der Waals surface area contributed by atoms with Crippen LogP contribution in [0.25, 0.3) is 27.9 Å². The monoisotopic (exact) mass is 555 g/mol. The van der Waals surface area contributed by atoms with Gasteiger partial charge in [0.1, 0.15) is 11.8 Å². The number of halogens is 3. The molecule has 11 nitrogen and oxygen atoms in total. The fourth-order valence-corrected chi connectivity index (χ4v) is 5.08. The van der Waals surface area contributed by atoms with Crippen molar-refractivity contribution >= 4 is 34.5 Å². The Morgan fingerprint density at radius 2 is 1.93 bits per heavy atom. The Morgan fingerprint density at radius 3 is 2.58 bits per heavy atom. The molecule has 2 fully saturated rings. The van der Waals surface area contributed by atoms with Crippen LogP contribution in [0.2, 0.25) is 0 Å². The van der Waals surface area contributed by atoms with Crippen molar-refractivity contribution in [3.63, 3.8) is 0 Å². The van der Waals surface area contributed by atoms with Gasteiger partial charge in [-0.3, -0.25) is 4.79 Å². The first-order valence-corrected chi connectivity index (χ1v) is 12.5. The topological polar surface area (TPSA) is 134 Å². The second-order valence-electron chi connectivity index (χ2n) is 9.83. The first-order valence-electron chi connectivity index (χ1n) is 12.5. The molecule has 0 unspecified atom stereocenters. The third kappa shape index (κ3) is 4.19. The molecule has 2 aromatic carbocycles. The molecule has 208 valence electrons. The molecule has 0 bridgehead atoms.